The van der Waals surface area contributed by atoms with Crippen LogP contribution in [0.1, 0.15) is 19.3 Å². The molecule has 0 saturated carbocycles. The molecule has 1 nitrogen and oxygen atoms in total. The molecule has 0 aromatic carbocycles. The van der Waals surface area contributed by atoms with Crippen molar-refractivity contribution in [1.82, 2.24) is 0 Å². The molecule has 1 fully saturated rings. The Labute approximate surface area is 175 Å². The van der Waals surface area contributed by atoms with E-state index in [4.69, 9.17) is 0 Å². The van der Waals surface area contributed by atoms with Gasteiger partial charge in [-0.15, -0.1) is 0 Å². The van der Waals surface area contributed by atoms with Gasteiger partial charge in [0.25, 0.3) is 0 Å². The van der Waals surface area contributed by atoms with E-state index < -0.39 is 78.9 Å². The standard InChI is InChI=1S/C14H9F19O/c15-6(16,3-1-2-5-4-34-5)8(18,19)10(22,23)12(26,27)11(24,25)9(20,21)7(17,13(28,29)30)14(31,32)33/h5H,1-4H2. The van der Waals surface area contributed by atoms with Crippen molar-refractivity contribution in [2.24, 2.45) is 0 Å². The summed E-state index contributed by atoms with van der Waals surface area (Å²) >= 11 is 0. The maximum Gasteiger partial charge on any atom is 0.438 e. The minimum absolute atomic E-state index is 0.124. The first-order chi connectivity index (χ1) is 14.6. The highest BCUT2D eigenvalue weighted by molar-refractivity contribution is 5.19. The maximum atomic E-state index is 13.6. The summed E-state index contributed by atoms with van der Waals surface area (Å²) in [6.07, 6.45) is -21.7. The largest absolute Gasteiger partial charge is 0.438 e. The Morgan fingerprint density at radius 2 is 0.824 bits per heavy atom. The molecular formula is C14H9F19O. The minimum atomic E-state index is -8.97. The number of rotatable bonds is 10. The Hall–Kier alpha value is -1.37. The van der Waals surface area contributed by atoms with Gasteiger partial charge in [-0.3, -0.25) is 0 Å². The molecule has 0 aromatic rings. The fourth-order valence-corrected chi connectivity index (χ4v) is 2.50. The first-order valence-electron chi connectivity index (χ1n) is 8.29. The molecular weight excluding hydrogens is 545 g/mol. The summed E-state index contributed by atoms with van der Waals surface area (Å²) in [5, 5.41) is 0. The van der Waals surface area contributed by atoms with Crippen molar-refractivity contribution in [1.29, 1.82) is 0 Å². The normalized spacial score (nSPS) is 20.0. The van der Waals surface area contributed by atoms with E-state index in [2.05, 4.69) is 4.74 Å². The molecule has 1 saturated heterocycles. The number of hydrogen-bond acceptors (Lipinski definition) is 1. The molecule has 1 heterocycles. The molecule has 0 amide bonds. The predicted octanol–water partition coefficient (Wildman–Crippen LogP) is 7.20. The van der Waals surface area contributed by atoms with Crippen molar-refractivity contribution >= 4 is 0 Å². The van der Waals surface area contributed by atoms with Crippen LogP contribution in [0, 0.1) is 0 Å². The van der Waals surface area contributed by atoms with E-state index in [0.717, 1.165) is 0 Å². The number of hydrogen-bond donors (Lipinski definition) is 0. The van der Waals surface area contributed by atoms with Crippen molar-refractivity contribution in [3.05, 3.63) is 0 Å². The molecule has 1 rings (SSSR count). The van der Waals surface area contributed by atoms with Gasteiger partial charge < -0.3 is 4.74 Å². The van der Waals surface area contributed by atoms with Crippen LogP contribution in [0.5, 0.6) is 0 Å². The van der Waals surface area contributed by atoms with Gasteiger partial charge in [0.05, 0.1) is 12.7 Å². The first kappa shape index (κ1) is 30.7. The van der Waals surface area contributed by atoms with Gasteiger partial charge >= 0.3 is 53.6 Å². The minimum Gasteiger partial charge on any atom is -0.373 e. The molecule has 0 aromatic heterocycles. The van der Waals surface area contributed by atoms with Crippen molar-refractivity contribution in [3.8, 4) is 0 Å². The Morgan fingerprint density at radius 1 is 0.500 bits per heavy atom. The van der Waals surface area contributed by atoms with Gasteiger partial charge in [-0.25, -0.2) is 4.39 Å². The third-order valence-electron chi connectivity index (χ3n) is 4.67. The van der Waals surface area contributed by atoms with Gasteiger partial charge in [-0.2, -0.15) is 79.0 Å². The number of epoxide rings is 1. The van der Waals surface area contributed by atoms with E-state index in [1.165, 1.54) is 0 Å². The van der Waals surface area contributed by atoms with E-state index in [-0.39, 0.29) is 6.61 Å². The zero-order chi connectivity index (χ0) is 27.6. The van der Waals surface area contributed by atoms with Crippen molar-refractivity contribution < 1.29 is 88.2 Å². The lowest BCUT2D eigenvalue weighted by Gasteiger charge is -2.45. The SMILES string of the molecule is FC(F)(F)C(F)(C(F)(F)F)C(F)(F)C(F)(F)C(F)(F)C(F)(F)C(F)(F)C(F)(F)CCCC1CO1. The Morgan fingerprint density at radius 3 is 1.15 bits per heavy atom. The number of ether oxygens (including phenoxy) is 1. The van der Waals surface area contributed by atoms with Gasteiger partial charge in [0.2, 0.25) is 0 Å². The topological polar surface area (TPSA) is 12.5 Å². The zero-order valence-electron chi connectivity index (χ0n) is 15.5. The summed E-state index contributed by atoms with van der Waals surface area (Å²) in [6.45, 7) is -0.124. The second kappa shape index (κ2) is 8.07. The fraction of sp³-hybridized carbons (Fsp3) is 1.00. The molecule has 34 heavy (non-hydrogen) atoms. The molecule has 0 spiro atoms. The van der Waals surface area contributed by atoms with Gasteiger partial charge in [0.15, 0.2) is 0 Å². The lowest BCUT2D eigenvalue weighted by molar-refractivity contribution is -0.472. The van der Waals surface area contributed by atoms with E-state index in [0.29, 0.717) is 0 Å². The Bertz CT molecular complexity index is 714. The third kappa shape index (κ3) is 4.14. The van der Waals surface area contributed by atoms with Gasteiger partial charge in [-0.1, -0.05) is 0 Å². The average Bonchev–Trinajstić information content (AvgIpc) is 3.42. The third-order valence-corrected chi connectivity index (χ3v) is 4.67. The van der Waals surface area contributed by atoms with Crippen LogP contribution in [0.15, 0.2) is 0 Å². The summed E-state index contributed by atoms with van der Waals surface area (Å²) in [5.74, 6) is -49.4. The van der Waals surface area contributed by atoms with Crippen LogP contribution in [0.3, 0.4) is 0 Å². The summed E-state index contributed by atoms with van der Waals surface area (Å²) in [5.41, 5.74) is -8.71. The molecule has 0 radical (unpaired) electrons. The first-order valence-corrected chi connectivity index (χ1v) is 8.29. The summed E-state index contributed by atoms with van der Waals surface area (Å²) in [6, 6.07) is 0. The highest BCUT2D eigenvalue weighted by Crippen LogP contribution is 2.66. The maximum absolute atomic E-state index is 13.6. The van der Waals surface area contributed by atoms with Crippen LogP contribution < -0.4 is 0 Å². The molecule has 1 unspecified atom stereocenters. The molecule has 1 aliphatic rings. The average molecular weight is 554 g/mol. The molecule has 20 heteroatoms. The van der Waals surface area contributed by atoms with Crippen molar-refractivity contribution in [2.75, 3.05) is 6.61 Å². The fourth-order valence-electron chi connectivity index (χ4n) is 2.50. The van der Waals surface area contributed by atoms with Crippen molar-refractivity contribution in [3.63, 3.8) is 0 Å². The Balaban J connectivity index is 3.57. The van der Waals surface area contributed by atoms with Crippen LogP contribution in [0.4, 0.5) is 83.4 Å². The molecule has 204 valence electrons. The Kier molecular flexibility index (Phi) is 7.28. The molecule has 0 bridgehead atoms. The van der Waals surface area contributed by atoms with E-state index in [1.807, 2.05) is 0 Å². The van der Waals surface area contributed by atoms with Crippen LogP contribution in [-0.2, 0) is 4.74 Å². The molecule has 0 N–H and O–H groups in total. The molecule has 1 aliphatic heterocycles. The summed E-state index contributed by atoms with van der Waals surface area (Å²) < 4.78 is 254. The van der Waals surface area contributed by atoms with Gasteiger partial charge in [0.1, 0.15) is 0 Å². The number of alkyl halides is 19. The monoisotopic (exact) mass is 554 g/mol. The van der Waals surface area contributed by atoms with E-state index in [1.54, 1.807) is 0 Å². The number of halogens is 19. The van der Waals surface area contributed by atoms with Crippen molar-refractivity contribution in [2.45, 2.75) is 78.9 Å². The van der Waals surface area contributed by atoms with E-state index in [9.17, 15) is 83.4 Å². The van der Waals surface area contributed by atoms with Gasteiger partial charge in [-0.05, 0) is 12.8 Å². The second-order valence-electron chi connectivity index (χ2n) is 7.08. The van der Waals surface area contributed by atoms with Crippen LogP contribution >= 0.6 is 0 Å². The second-order valence-corrected chi connectivity index (χ2v) is 7.08. The smallest absolute Gasteiger partial charge is 0.373 e. The lowest BCUT2D eigenvalue weighted by atomic mass is 9.83. The molecule has 1 atom stereocenters. The van der Waals surface area contributed by atoms with Crippen LogP contribution in [-0.4, -0.2) is 66.3 Å². The lowest BCUT2D eigenvalue weighted by Crippen LogP contribution is -2.77. The van der Waals surface area contributed by atoms with E-state index >= 15 is 0 Å². The predicted molar refractivity (Wildman–Crippen MR) is 69.2 cm³/mol. The zero-order valence-corrected chi connectivity index (χ0v) is 15.5. The highest BCUT2D eigenvalue weighted by Gasteiger charge is 2.98. The van der Waals surface area contributed by atoms with Gasteiger partial charge in [0, 0.05) is 6.42 Å². The summed E-state index contributed by atoms with van der Waals surface area (Å²) in [7, 11) is 0. The quantitative estimate of drug-likeness (QED) is 0.206. The summed E-state index contributed by atoms with van der Waals surface area (Å²) in [4.78, 5) is 0. The molecule has 0 aliphatic carbocycles. The van der Waals surface area contributed by atoms with Crippen LogP contribution in [0.2, 0.25) is 0 Å². The highest BCUT2D eigenvalue weighted by atomic mass is 19.4. The van der Waals surface area contributed by atoms with Crippen LogP contribution in [0.25, 0.3) is 0 Å².